The van der Waals surface area contributed by atoms with Crippen LogP contribution in [0, 0.1) is 5.92 Å². The van der Waals surface area contributed by atoms with Gasteiger partial charge in [-0.15, -0.1) is 0 Å². The predicted octanol–water partition coefficient (Wildman–Crippen LogP) is 3.03. The first-order chi connectivity index (χ1) is 9.84. The van der Waals surface area contributed by atoms with Gasteiger partial charge in [-0.1, -0.05) is 13.8 Å². The van der Waals surface area contributed by atoms with E-state index in [2.05, 4.69) is 9.53 Å². The van der Waals surface area contributed by atoms with Gasteiger partial charge in [0.15, 0.2) is 0 Å². The summed E-state index contributed by atoms with van der Waals surface area (Å²) in [4.78, 5) is 14.7. The van der Waals surface area contributed by atoms with Gasteiger partial charge in [0.1, 0.15) is 0 Å². The van der Waals surface area contributed by atoms with Crippen molar-refractivity contribution in [2.75, 3.05) is 20.3 Å². The van der Waals surface area contributed by atoms with Crippen LogP contribution in [0.2, 0.25) is 0 Å². The molecule has 0 heterocycles. The fourth-order valence-electron chi connectivity index (χ4n) is 1.60. The number of hydrogen-bond acceptors (Lipinski definition) is 5. The first-order valence-corrected chi connectivity index (χ1v) is 8.29. The molecule has 0 saturated heterocycles. The van der Waals surface area contributed by atoms with E-state index in [1.165, 1.54) is 13.2 Å². The van der Waals surface area contributed by atoms with E-state index in [-0.39, 0.29) is 30.2 Å². The fraction of sp³-hybridized carbons (Fsp3) is 0.692. The van der Waals surface area contributed by atoms with Crippen molar-refractivity contribution >= 4 is 19.0 Å². The van der Waals surface area contributed by atoms with Crippen LogP contribution in [0.5, 0.6) is 0 Å². The van der Waals surface area contributed by atoms with Crippen molar-refractivity contribution in [2.24, 2.45) is 5.92 Å². The van der Waals surface area contributed by atoms with Gasteiger partial charge in [0.05, 0.1) is 20.3 Å². The summed E-state index contributed by atoms with van der Waals surface area (Å²) in [6.45, 7) is 7.33. The van der Waals surface area contributed by atoms with E-state index in [4.69, 9.17) is 14.6 Å². The highest BCUT2D eigenvalue weighted by atomic mass is 31.2. The number of hydrogen-bond donors (Lipinski definition) is 0. The summed E-state index contributed by atoms with van der Waals surface area (Å²) in [5.41, 5.74) is 9.03. The van der Waals surface area contributed by atoms with E-state index in [0.717, 1.165) is 0 Å². The normalized spacial score (nSPS) is 12.2. The van der Waals surface area contributed by atoms with Crippen LogP contribution in [0.3, 0.4) is 0 Å². The molecule has 0 aromatic carbocycles. The highest BCUT2D eigenvalue weighted by Crippen LogP contribution is 2.49. The standard InChI is InChI=1S/C13H23N2O5P/c1-6-19-21(17,20-7-2)12(15-14)9-11(8-10(3)4)13(16)18-5/h9-10H,6-8H2,1-5H3/b11-9+. The average Bonchev–Trinajstić information content (AvgIpc) is 2.42. The van der Waals surface area contributed by atoms with E-state index < -0.39 is 13.6 Å². The van der Waals surface area contributed by atoms with Crippen molar-refractivity contribution in [1.29, 1.82) is 0 Å². The van der Waals surface area contributed by atoms with Gasteiger partial charge in [-0.05, 0) is 26.2 Å². The molecule has 0 atom stereocenters. The lowest BCUT2D eigenvalue weighted by atomic mass is 10.0. The van der Waals surface area contributed by atoms with Crippen LogP contribution in [-0.4, -0.2) is 36.5 Å². The fourth-order valence-corrected chi connectivity index (χ4v) is 3.04. The van der Waals surface area contributed by atoms with Crippen molar-refractivity contribution in [3.63, 3.8) is 0 Å². The zero-order valence-corrected chi connectivity index (χ0v) is 14.1. The molecule has 0 bridgehead atoms. The van der Waals surface area contributed by atoms with E-state index in [0.29, 0.717) is 6.42 Å². The lowest BCUT2D eigenvalue weighted by Gasteiger charge is -2.12. The van der Waals surface area contributed by atoms with Gasteiger partial charge in [0.2, 0.25) is 0 Å². The number of carbonyl (C=O) groups is 1. The van der Waals surface area contributed by atoms with Crippen LogP contribution in [0.1, 0.15) is 34.1 Å². The summed E-state index contributed by atoms with van der Waals surface area (Å²) >= 11 is 0. The van der Waals surface area contributed by atoms with Crippen molar-refractivity contribution in [3.8, 4) is 0 Å². The number of carbonyl (C=O) groups excluding carboxylic acids is 1. The van der Waals surface area contributed by atoms with Crippen LogP contribution in [-0.2, 0) is 23.1 Å². The molecule has 0 radical (unpaired) electrons. The maximum Gasteiger partial charge on any atom is 0.442 e. The summed E-state index contributed by atoms with van der Waals surface area (Å²) < 4.78 is 27.4. The SMILES string of the molecule is CCOP(=O)(OCC)C(/C=C(\CC(C)C)C(=O)OC)=[N+]=[N-]. The third-order valence-electron chi connectivity index (χ3n) is 2.36. The number of esters is 1. The third kappa shape index (κ3) is 6.36. The van der Waals surface area contributed by atoms with Gasteiger partial charge in [-0.2, -0.15) is 4.79 Å². The molecule has 8 heteroatoms. The number of rotatable bonds is 9. The second kappa shape index (κ2) is 9.64. The smallest absolute Gasteiger partial charge is 0.442 e. The van der Waals surface area contributed by atoms with Gasteiger partial charge >= 0.3 is 19.0 Å². The predicted molar refractivity (Wildman–Crippen MR) is 79.0 cm³/mol. The Kier molecular flexibility index (Phi) is 9.06. The topological polar surface area (TPSA) is 98.2 Å². The van der Waals surface area contributed by atoms with E-state index in [1.54, 1.807) is 13.8 Å². The summed E-state index contributed by atoms with van der Waals surface area (Å²) in [7, 11) is -2.51. The third-order valence-corrected chi connectivity index (χ3v) is 4.34. The quantitative estimate of drug-likeness (QED) is 0.162. The molecule has 0 aromatic rings. The number of allylic oxidation sites excluding steroid dienone is 1. The van der Waals surface area contributed by atoms with E-state index in [1.807, 2.05) is 13.8 Å². The highest BCUT2D eigenvalue weighted by molar-refractivity contribution is 7.72. The first-order valence-electron chi connectivity index (χ1n) is 6.75. The molecule has 0 aliphatic heterocycles. The second-order valence-electron chi connectivity index (χ2n) is 4.55. The molecule has 0 N–H and O–H groups in total. The Labute approximate surface area is 125 Å². The van der Waals surface area contributed by atoms with Gasteiger partial charge in [-0.3, -0.25) is 0 Å². The second-order valence-corrected chi connectivity index (χ2v) is 6.52. The Morgan fingerprint density at radius 1 is 1.29 bits per heavy atom. The van der Waals surface area contributed by atoms with Crippen LogP contribution in [0.4, 0.5) is 0 Å². The van der Waals surface area contributed by atoms with Crippen molar-refractivity contribution < 1.29 is 27.9 Å². The Morgan fingerprint density at radius 2 is 1.81 bits per heavy atom. The molecule has 0 aliphatic carbocycles. The molecular weight excluding hydrogens is 295 g/mol. The van der Waals surface area contributed by atoms with Gasteiger partial charge < -0.3 is 19.3 Å². The van der Waals surface area contributed by atoms with Crippen molar-refractivity contribution in [3.05, 3.63) is 17.2 Å². The van der Waals surface area contributed by atoms with Crippen LogP contribution in [0.15, 0.2) is 11.6 Å². The van der Waals surface area contributed by atoms with Crippen LogP contribution >= 0.6 is 7.60 Å². The molecule has 7 nitrogen and oxygen atoms in total. The Morgan fingerprint density at radius 3 is 2.14 bits per heavy atom. The number of nitrogens with zero attached hydrogens (tertiary/aromatic N) is 2. The Balaban J connectivity index is 5.68. The minimum absolute atomic E-state index is 0.113. The highest BCUT2D eigenvalue weighted by Gasteiger charge is 2.38. The minimum atomic E-state index is -3.76. The lowest BCUT2D eigenvalue weighted by molar-refractivity contribution is -0.136. The molecule has 0 spiro atoms. The minimum Gasteiger partial charge on any atom is -0.466 e. The molecule has 0 saturated carbocycles. The zero-order valence-electron chi connectivity index (χ0n) is 13.2. The monoisotopic (exact) mass is 318 g/mol. The molecule has 0 rings (SSSR count). The molecule has 21 heavy (non-hydrogen) atoms. The molecule has 0 aliphatic rings. The molecule has 0 fully saturated rings. The van der Waals surface area contributed by atoms with Crippen molar-refractivity contribution in [1.82, 2.24) is 0 Å². The summed E-state index contributed by atoms with van der Waals surface area (Å²) in [5, 5.41) is 0. The van der Waals surface area contributed by atoms with E-state index >= 15 is 0 Å². The number of ether oxygens (including phenoxy) is 1. The first kappa shape index (κ1) is 19.7. The van der Waals surface area contributed by atoms with Crippen molar-refractivity contribution in [2.45, 2.75) is 34.1 Å². The van der Waals surface area contributed by atoms with Gasteiger partial charge in [-0.25, -0.2) is 9.36 Å². The number of methoxy groups -OCH3 is 1. The maximum absolute atomic E-state index is 12.5. The van der Waals surface area contributed by atoms with Gasteiger partial charge in [0, 0.05) is 11.6 Å². The van der Waals surface area contributed by atoms with E-state index in [9.17, 15) is 9.36 Å². The maximum atomic E-state index is 12.5. The van der Waals surface area contributed by atoms with Crippen LogP contribution in [0.25, 0.3) is 5.53 Å². The van der Waals surface area contributed by atoms with Crippen LogP contribution < -0.4 is 0 Å². The molecule has 0 aromatic heterocycles. The molecule has 120 valence electrons. The molecular formula is C13H23N2O5P. The Hall–Kier alpha value is -1.26. The Bertz CT molecular complexity index is 471. The summed E-state index contributed by atoms with van der Waals surface area (Å²) in [5.74, 6) is -0.418. The zero-order chi connectivity index (χ0) is 16.5. The molecule has 0 amide bonds. The van der Waals surface area contributed by atoms with Gasteiger partial charge in [0.25, 0.3) is 0 Å². The average molecular weight is 318 g/mol. The lowest BCUT2D eigenvalue weighted by Crippen LogP contribution is -2.12. The summed E-state index contributed by atoms with van der Waals surface area (Å²) in [6, 6.07) is 0. The molecule has 0 unspecified atom stereocenters. The largest absolute Gasteiger partial charge is 0.466 e. The summed E-state index contributed by atoms with van der Waals surface area (Å²) in [6.07, 6.45) is 1.59.